The van der Waals surface area contributed by atoms with Crippen LogP contribution in [0.4, 0.5) is 4.39 Å². The number of carbonyl (C=O) groups is 1. The summed E-state index contributed by atoms with van der Waals surface area (Å²) in [5, 5.41) is 2.83. The van der Waals surface area contributed by atoms with Crippen molar-refractivity contribution in [1.29, 1.82) is 0 Å². The van der Waals surface area contributed by atoms with Gasteiger partial charge in [-0.05, 0) is 23.6 Å². The van der Waals surface area contributed by atoms with Gasteiger partial charge in [0, 0.05) is 18.5 Å². The van der Waals surface area contributed by atoms with Crippen molar-refractivity contribution in [3.8, 4) is 0 Å². The first kappa shape index (κ1) is 15.0. The van der Waals surface area contributed by atoms with Gasteiger partial charge in [0.15, 0.2) is 5.43 Å². The number of H-pyrrole nitrogens is 1. The lowest BCUT2D eigenvalue weighted by atomic mass is 9.95. The molecular weight excluding hydrogens is 271 g/mol. The van der Waals surface area contributed by atoms with Gasteiger partial charge >= 0.3 is 0 Å². The summed E-state index contributed by atoms with van der Waals surface area (Å²) < 4.78 is 13.0. The minimum absolute atomic E-state index is 0.0604. The van der Waals surface area contributed by atoms with Crippen LogP contribution in [0, 0.1) is 11.7 Å². The number of hydrogen-bond donors (Lipinski definition) is 2. The Morgan fingerprint density at radius 1 is 1.19 bits per heavy atom. The Kier molecular flexibility index (Phi) is 4.52. The lowest BCUT2D eigenvalue weighted by Crippen LogP contribution is -2.34. The van der Waals surface area contributed by atoms with Crippen molar-refractivity contribution < 1.29 is 9.18 Å². The van der Waals surface area contributed by atoms with Crippen LogP contribution in [-0.4, -0.2) is 10.9 Å². The molecule has 2 N–H and O–H groups in total. The number of aromatic nitrogens is 1. The maximum atomic E-state index is 13.0. The number of carbonyl (C=O) groups excluding carboxylic acids is 1. The fourth-order valence-corrected chi connectivity index (χ4v) is 2.12. The Bertz CT molecular complexity index is 677. The van der Waals surface area contributed by atoms with Gasteiger partial charge in [0.2, 0.25) is 0 Å². The topological polar surface area (TPSA) is 62.0 Å². The average Bonchev–Trinajstić information content (AvgIpc) is 2.46. The molecule has 2 rings (SSSR count). The molecule has 1 aromatic carbocycles. The van der Waals surface area contributed by atoms with E-state index < -0.39 is 5.91 Å². The minimum Gasteiger partial charge on any atom is -0.367 e. The highest BCUT2D eigenvalue weighted by Crippen LogP contribution is 2.22. The zero-order valence-corrected chi connectivity index (χ0v) is 11.9. The van der Waals surface area contributed by atoms with Gasteiger partial charge in [-0.3, -0.25) is 9.59 Å². The summed E-state index contributed by atoms with van der Waals surface area (Å²) in [7, 11) is 0. The molecule has 1 aromatic heterocycles. The highest BCUT2D eigenvalue weighted by Gasteiger charge is 2.20. The van der Waals surface area contributed by atoms with Gasteiger partial charge < -0.3 is 10.3 Å². The molecule has 0 fully saturated rings. The number of amides is 1. The second kappa shape index (κ2) is 6.35. The molecule has 0 spiro atoms. The van der Waals surface area contributed by atoms with Crippen molar-refractivity contribution >= 4 is 5.91 Å². The van der Waals surface area contributed by atoms with Crippen LogP contribution in [0.1, 0.15) is 35.8 Å². The zero-order chi connectivity index (χ0) is 15.4. The first-order valence-corrected chi connectivity index (χ1v) is 6.72. The summed E-state index contributed by atoms with van der Waals surface area (Å²) in [6.07, 6.45) is 2.85. The molecule has 0 saturated heterocycles. The average molecular weight is 288 g/mol. The van der Waals surface area contributed by atoms with Crippen LogP contribution in [0.3, 0.4) is 0 Å². The number of benzene rings is 1. The van der Waals surface area contributed by atoms with E-state index in [2.05, 4.69) is 10.3 Å². The van der Waals surface area contributed by atoms with E-state index >= 15 is 0 Å². The van der Waals surface area contributed by atoms with E-state index in [1.165, 1.54) is 30.6 Å². The molecule has 0 radical (unpaired) electrons. The van der Waals surface area contributed by atoms with E-state index in [0.717, 1.165) is 5.56 Å². The molecule has 21 heavy (non-hydrogen) atoms. The first-order valence-electron chi connectivity index (χ1n) is 6.72. The van der Waals surface area contributed by atoms with Gasteiger partial charge in [-0.25, -0.2) is 4.39 Å². The van der Waals surface area contributed by atoms with Crippen molar-refractivity contribution in [2.24, 2.45) is 5.92 Å². The monoisotopic (exact) mass is 288 g/mol. The highest BCUT2D eigenvalue weighted by atomic mass is 19.1. The van der Waals surface area contributed by atoms with E-state index in [4.69, 9.17) is 0 Å². The third-order valence-corrected chi connectivity index (χ3v) is 3.25. The van der Waals surface area contributed by atoms with Crippen molar-refractivity contribution in [2.75, 3.05) is 0 Å². The molecule has 1 atom stereocenters. The van der Waals surface area contributed by atoms with Gasteiger partial charge in [-0.15, -0.1) is 0 Å². The predicted octanol–water partition coefficient (Wildman–Crippen LogP) is 2.64. The van der Waals surface area contributed by atoms with Crippen LogP contribution in [0.15, 0.2) is 47.5 Å². The largest absolute Gasteiger partial charge is 0.367 e. The molecule has 1 unspecified atom stereocenters. The summed E-state index contributed by atoms with van der Waals surface area (Å²) in [6.45, 7) is 3.90. The number of aromatic amines is 1. The van der Waals surface area contributed by atoms with Gasteiger partial charge in [0.1, 0.15) is 11.4 Å². The molecule has 0 bridgehead atoms. The van der Waals surface area contributed by atoms with Crippen LogP contribution >= 0.6 is 0 Å². The normalized spacial score (nSPS) is 12.2. The second-order valence-corrected chi connectivity index (χ2v) is 5.17. The first-order chi connectivity index (χ1) is 9.99. The Morgan fingerprint density at radius 2 is 1.86 bits per heavy atom. The lowest BCUT2D eigenvalue weighted by molar-refractivity contribution is 0.0924. The van der Waals surface area contributed by atoms with Crippen molar-refractivity contribution in [3.05, 3.63) is 69.9 Å². The Hall–Kier alpha value is -2.43. The molecule has 110 valence electrons. The predicted molar refractivity (Wildman–Crippen MR) is 78.5 cm³/mol. The van der Waals surface area contributed by atoms with Crippen molar-refractivity contribution in [2.45, 2.75) is 19.9 Å². The molecule has 1 heterocycles. The quantitative estimate of drug-likeness (QED) is 0.908. The second-order valence-electron chi connectivity index (χ2n) is 5.17. The van der Waals surface area contributed by atoms with Crippen LogP contribution in [0.25, 0.3) is 0 Å². The number of nitrogens with one attached hydrogen (secondary N) is 2. The summed E-state index contributed by atoms with van der Waals surface area (Å²) in [4.78, 5) is 26.6. The molecule has 0 saturated carbocycles. The maximum absolute atomic E-state index is 13.0. The number of rotatable bonds is 4. The summed E-state index contributed by atoms with van der Waals surface area (Å²) in [6, 6.07) is 6.98. The minimum atomic E-state index is -0.445. The van der Waals surface area contributed by atoms with Gasteiger partial charge in [0.25, 0.3) is 5.91 Å². The van der Waals surface area contributed by atoms with Crippen LogP contribution in [-0.2, 0) is 0 Å². The zero-order valence-electron chi connectivity index (χ0n) is 11.9. The van der Waals surface area contributed by atoms with Gasteiger partial charge in [-0.1, -0.05) is 26.0 Å². The molecule has 0 aliphatic carbocycles. The molecule has 4 nitrogen and oxygen atoms in total. The third-order valence-electron chi connectivity index (χ3n) is 3.25. The van der Waals surface area contributed by atoms with Crippen LogP contribution in [0.2, 0.25) is 0 Å². The lowest BCUT2D eigenvalue weighted by Gasteiger charge is -2.22. The molecule has 5 heteroatoms. The fraction of sp³-hybridized carbons (Fsp3) is 0.250. The standard InChI is InChI=1S/C16H17FN2O2/c1-10(2)15(11-3-5-12(17)6-4-11)19-16(21)13-9-18-8-7-14(13)20/h3-10,15H,1-2H3,(H,18,20)(H,19,21). The maximum Gasteiger partial charge on any atom is 0.257 e. The van der Waals surface area contributed by atoms with E-state index in [1.807, 2.05) is 13.8 Å². The Labute approximate surface area is 122 Å². The molecule has 2 aromatic rings. The summed E-state index contributed by atoms with van der Waals surface area (Å²) in [5.74, 6) is -0.672. The highest BCUT2D eigenvalue weighted by molar-refractivity contribution is 5.94. The van der Waals surface area contributed by atoms with E-state index in [9.17, 15) is 14.0 Å². The Morgan fingerprint density at radius 3 is 2.43 bits per heavy atom. The van der Waals surface area contributed by atoms with Gasteiger partial charge in [-0.2, -0.15) is 0 Å². The molecule has 0 aliphatic rings. The fourth-order valence-electron chi connectivity index (χ4n) is 2.12. The summed E-state index contributed by atoms with van der Waals surface area (Å²) >= 11 is 0. The van der Waals surface area contributed by atoms with Crippen molar-refractivity contribution in [1.82, 2.24) is 10.3 Å². The molecular formula is C16H17FN2O2. The van der Waals surface area contributed by atoms with Crippen LogP contribution < -0.4 is 10.7 Å². The molecule has 1 amide bonds. The number of pyridine rings is 1. The van der Waals surface area contributed by atoms with Crippen molar-refractivity contribution in [3.63, 3.8) is 0 Å². The number of halogens is 1. The van der Waals surface area contributed by atoms with Crippen LogP contribution in [0.5, 0.6) is 0 Å². The van der Waals surface area contributed by atoms with E-state index in [1.54, 1.807) is 12.1 Å². The third kappa shape index (κ3) is 3.56. The Balaban J connectivity index is 2.25. The summed E-state index contributed by atoms with van der Waals surface area (Å²) in [5.41, 5.74) is 0.519. The molecule has 0 aliphatic heterocycles. The SMILES string of the molecule is CC(C)C(NC(=O)c1c[nH]ccc1=O)c1ccc(F)cc1. The van der Waals surface area contributed by atoms with E-state index in [0.29, 0.717) is 0 Å². The number of hydrogen-bond acceptors (Lipinski definition) is 2. The smallest absolute Gasteiger partial charge is 0.257 e. The van der Waals surface area contributed by atoms with Gasteiger partial charge in [0.05, 0.1) is 6.04 Å². The van der Waals surface area contributed by atoms with E-state index in [-0.39, 0.29) is 28.8 Å².